The summed E-state index contributed by atoms with van der Waals surface area (Å²) < 4.78 is 18.7. The summed E-state index contributed by atoms with van der Waals surface area (Å²) in [5, 5.41) is 5.35. The van der Waals surface area contributed by atoms with E-state index in [0.29, 0.717) is 11.4 Å². The predicted molar refractivity (Wildman–Crippen MR) is 110 cm³/mol. The summed E-state index contributed by atoms with van der Waals surface area (Å²) in [5.41, 5.74) is 0.769. The average Bonchev–Trinajstić information content (AvgIpc) is 2.70. The van der Waals surface area contributed by atoms with Crippen molar-refractivity contribution in [2.24, 2.45) is 0 Å². The number of nitrogens with one attached hydrogen (secondary N) is 2. The molecule has 148 valence electrons. The third-order valence-electron chi connectivity index (χ3n) is 3.93. The maximum Gasteiger partial charge on any atom is 0.252 e. The molecule has 0 unspecified atom stereocenters. The van der Waals surface area contributed by atoms with E-state index in [1.807, 2.05) is 30.3 Å². The first-order valence-corrected chi connectivity index (χ1v) is 9.25. The van der Waals surface area contributed by atoms with Crippen LogP contribution in [0, 0.1) is 5.82 Å². The molecule has 0 aromatic heterocycles. The van der Waals surface area contributed by atoms with Crippen LogP contribution in [0.5, 0.6) is 11.5 Å². The largest absolute Gasteiger partial charge is 0.457 e. The Morgan fingerprint density at radius 1 is 0.931 bits per heavy atom. The van der Waals surface area contributed by atoms with E-state index in [1.54, 1.807) is 24.3 Å². The number of rotatable bonds is 7. The molecule has 3 aromatic rings. The molecule has 0 aliphatic heterocycles. The number of anilines is 1. The Bertz CT molecular complexity index is 995. The van der Waals surface area contributed by atoms with Gasteiger partial charge in [0, 0.05) is 18.7 Å². The average molecular weight is 413 g/mol. The molecule has 7 heteroatoms. The van der Waals surface area contributed by atoms with Gasteiger partial charge in [-0.3, -0.25) is 9.59 Å². The van der Waals surface area contributed by atoms with E-state index in [-0.39, 0.29) is 29.5 Å². The Kier molecular flexibility index (Phi) is 6.81. The zero-order valence-corrected chi connectivity index (χ0v) is 16.1. The highest BCUT2D eigenvalue weighted by Crippen LogP contribution is 2.22. The number of hydrogen-bond acceptors (Lipinski definition) is 3. The summed E-state index contributed by atoms with van der Waals surface area (Å²) >= 11 is 5.85. The van der Waals surface area contributed by atoms with Gasteiger partial charge >= 0.3 is 0 Å². The molecule has 0 saturated heterocycles. The monoisotopic (exact) mass is 412 g/mol. The van der Waals surface area contributed by atoms with Crippen molar-refractivity contribution in [1.82, 2.24) is 5.32 Å². The van der Waals surface area contributed by atoms with E-state index >= 15 is 0 Å². The third-order valence-corrected chi connectivity index (χ3v) is 4.24. The first-order valence-electron chi connectivity index (χ1n) is 8.87. The highest BCUT2D eigenvalue weighted by Gasteiger charge is 2.11. The van der Waals surface area contributed by atoms with Crippen molar-refractivity contribution in [3.63, 3.8) is 0 Å². The summed E-state index contributed by atoms with van der Waals surface area (Å²) in [6.45, 7) is 0.119. The Labute approximate surface area is 172 Å². The van der Waals surface area contributed by atoms with Crippen LogP contribution in [0.1, 0.15) is 16.8 Å². The van der Waals surface area contributed by atoms with Gasteiger partial charge in [-0.2, -0.15) is 0 Å². The van der Waals surface area contributed by atoms with Crippen LogP contribution in [-0.4, -0.2) is 18.4 Å². The van der Waals surface area contributed by atoms with Crippen molar-refractivity contribution in [1.29, 1.82) is 0 Å². The minimum absolute atomic E-state index is 0.0183. The van der Waals surface area contributed by atoms with E-state index in [2.05, 4.69) is 10.6 Å². The molecule has 0 saturated carbocycles. The number of carbonyl (C=O) groups is 2. The highest BCUT2D eigenvalue weighted by atomic mass is 35.5. The molecule has 3 rings (SSSR count). The van der Waals surface area contributed by atoms with Crippen LogP contribution >= 0.6 is 11.6 Å². The van der Waals surface area contributed by atoms with Crippen LogP contribution in [0.2, 0.25) is 5.02 Å². The van der Waals surface area contributed by atoms with Crippen LogP contribution in [-0.2, 0) is 4.79 Å². The highest BCUT2D eigenvalue weighted by molar-refractivity contribution is 6.33. The molecule has 0 bridgehead atoms. The topological polar surface area (TPSA) is 67.4 Å². The molecule has 0 radical (unpaired) electrons. The minimum Gasteiger partial charge on any atom is -0.457 e. The van der Waals surface area contributed by atoms with Gasteiger partial charge in [-0.25, -0.2) is 4.39 Å². The lowest BCUT2D eigenvalue weighted by Gasteiger charge is -2.09. The molecule has 3 aromatic carbocycles. The van der Waals surface area contributed by atoms with Crippen LogP contribution < -0.4 is 15.4 Å². The number of amides is 2. The quantitative estimate of drug-likeness (QED) is 0.572. The zero-order chi connectivity index (χ0) is 20.6. The number of para-hydroxylation sites is 1. The maximum absolute atomic E-state index is 13.0. The number of halogens is 2. The molecule has 0 atom stereocenters. The summed E-state index contributed by atoms with van der Waals surface area (Å²) in [7, 11) is 0. The van der Waals surface area contributed by atoms with Gasteiger partial charge in [-0.15, -0.1) is 0 Å². The predicted octanol–water partition coefficient (Wildman–Crippen LogP) is 5.03. The Morgan fingerprint density at radius 3 is 2.31 bits per heavy atom. The fraction of sp³-hybridized carbons (Fsp3) is 0.0909. The SMILES string of the molecule is O=C(CCNC(=O)c1ccc(F)cc1Cl)Nc1ccc(Oc2ccccc2)cc1. The van der Waals surface area contributed by atoms with Crippen molar-refractivity contribution >= 4 is 29.1 Å². The van der Waals surface area contributed by atoms with Gasteiger partial charge in [-0.05, 0) is 54.6 Å². The normalized spacial score (nSPS) is 10.3. The van der Waals surface area contributed by atoms with Crippen molar-refractivity contribution in [2.75, 3.05) is 11.9 Å². The maximum atomic E-state index is 13.0. The molecule has 29 heavy (non-hydrogen) atoms. The van der Waals surface area contributed by atoms with Crippen LogP contribution in [0.25, 0.3) is 0 Å². The molecule has 0 aliphatic rings. The van der Waals surface area contributed by atoms with Gasteiger partial charge in [0.1, 0.15) is 17.3 Å². The summed E-state index contributed by atoms with van der Waals surface area (Å²) in [6, 6.07) is 19.8. The molecule has 0 aliphatic carbocycles. The molecular weight excluding hydrogens is 395 g/mol. The van der Waals surface area contributed by atoms with Gasteiger partial charge in [0.15, 0.2) is 0 Å². The van der Waals surface area contributed by atoms with E-state index in [0.717, 1.165) is 17.9 Å². The van der Waals surface area contributed by atoms with Gasteiger partial charge < -0.3 is 15.4 Å². The number of carbonyl (C=O) groups excluding carboxylic acids is 2. The lowest BCUT2D eigenvalue weighted by Crippen LogP contribution is -2.27. The smallest absolute Gasteiger partial charge is 0.252 e. The summed E-state index contributed by atoms with van der Waals surface area (Å²) in [6.07, 6.45) is 0.0762. The minimum atomic E-state index is -0.522. The molecule has 0 fully saturated rings. The van der Waals surface area contributed by atoms with Crippen molar-refractivity contribution in [3.8, 4) is 11.5 Å². The van der Waals surface area contributed by atoms with Gasteiger partial charge in [-0.1, -0.05) is 29.8 Å². The van der Waals surface area contributed by atoms with Crippen LogP contribution in [0.15, 0.2) is 72.8 Å². The number of ether oxygens (including phenoxy) is 1. The van der Waals surface area contributed by atoms with E-state index < -0.39 is 11.7 Å². The fourth-order valence-electron chi connectivity index (χ4n) is 2.51. The van der Waals surface area contributed by atoms with Crippen molar-refractivity contribution in [2.45, 2.75) is 6.42 Å². The van der Waals surface area contributed by atoms with E-state index in [9.17, 15) is 14.0 Å². The fourth-order valence-corrected chi connectivity index (χ4v) is 2.77. The Hall–Kier alpha value is -3.38. The number of hydrogen-bond donors (Lipinski definition) is 2. The molecule has 2 amide bonds. The first-order chi connectivity index (χ1) is 14.0. The zero-order valence-electron chi connectivity index (χ0n) is 15.3. The van der Waals surface area contributed by atoms with Crippen LogP contribution in [0.3, 0.4) is 0 Å². The Balaban J connectivity index is 1.45. The van der Waals surface area contributed by atoms with E-state index in [1.165, 1.54) is 6.07 Å². The third kappa shape index (κ3) is 6.05. The summed E-state index contributed by atoms with van der Waals surface area (Å²) in [4.78, 5) is 24.1. The van der Waals surface area contributed by atoms with Crippen molar-refractivity contribution < 1.29 is 18.7 Å². The lowest BCUT2D eigenvalue weighted by atomic mass is 10.2. The van der Waals surface area contributed by atoms with Crippen molar-refractivity contribution in [3.05, 3.63) is 89.2 Å². The van der Waals surface area contributed by atoms with Gasteiger partial charge in [0.25, 0.3) is 5.91 Å². The molecule has 5 nitrogen and oxygen atoms in total. The van der Waals surface area contributed by atoms with Crippen LogP contribution in [0.4, 0.5) is 10.1 Å². The second kappa shape index (κ2) is 9.71. The Morgan fingerprint density at radius 2 is 1.62 bits per heavy atom. The van der Waals surface area contributed by atoms with Gasteiger partial charge in [0.05, 0.1) is 10.6 Å². The lowest BCUT2D eigenvalue weighted by molar-refractivity contribution is -0.116. The molecule has 0 spiro atoms. The standard InChI is InChI=1S/C22H18ClFN2O3/c23-20-14-15(24)6-11-19(20)22(28)25-13-12-21(27)26-16-7-9-18(10-8-16)29-17-4-2-1-3-5-17/h1-11,14H,12-13H2,(H,25,28)(H,26,27). The molecule has 2 N–H and O–H groups in total. The first kappa shape index (κ1) is 20.4. The van der Waals surface area contributed by atoms with Gasteiger partial charge in [0.2, 0.25) is 5.91 Å². The second-order valence-corrected chi connectivity index (χ2v) is 6.52. The second-order valence-electron chi connectivity index (χ2n) is 6.12. The summed E-state index contributed by atoms with van der Waals surface area (Å²) in [5.74, 6) is 0.127. The molecule has 0 heterocycles. The molecular formula is C22H18ClFN2O3. The van der Waals surface area contributed by atoms with E-state index in [4.69, 9.17) is 16.3 Å². The number of benzene rings is 3.